The van der Waals surface area contributed by atoms with E-state index in [9.17, 15) is 17.6 Å². The fraction of sp³-hybridized carbons (Fsp3) is 0. The molecule has 0 radical (unpaired) electrons. The number of carbonyl (C=O) groups excluding carboxylic acids is 1. The maximum Gasteiger partial charge on any atom is 0.262 e. The van der Waals surface area contributed by atoms with Crippen LogP contribution in [0.1, 0.15) is 10.4 Å². The molecule has 5 nitrogen and oxygen atoms in total. The molecule has 2 N–H and O–H groups in total. The summed E-state index contributed by atoms with van der Waals surface area (Å²) in [4.78, 5) is 12.2. The second kappa shape index (κ2) is 7.37. The van der Waals surface area contributed by atoms with Crippen LogP contribution in [0.25, 0.3) is 0 Å². The molecule has 0 heterocycles. The van der Waals surface area contributed by atoms with Gasteiger partial charge in [-0.15, -0.1) is 0 Å². The number of para-hydroxylation sites is 2. The molecule has 0 saturated heterocycles. The van der Waals surface area contributed by atoms with E-state index in [2.05, 4.69) is 10.0 Å². The second-order valence-electron chi connectivity index (χ2n) is 5.43. The highest BCUT2D eigenvalue weighted by molar-refractivity contribution is 7.92. The normalized spacial score (nSPS) is 11.0. The first-order valence-corrected chi connectivity index (χ1v) is 9.18. The van der Waals surface area contributed by atoms with Crippen molar-refractivity contribution in [3.8, 4) is 0 Å². The van der Waals surface area contributed by atoms with Gasteiger partial charge in [0.1, 0.15) is 5.82 Å². The molecule has 0 spiro atoms. The third-order valence-electron chi connectivity index (χ3n) is 3.56. The van der Waals surface area contributed by atoms with Gasteiger partial charge in [-0.1, -0.05) is 36.4 Å². The summed E-state index contributed by atoms with van der Waals surface area (Å²) in [5.41, 5.74) is 0.604. The molecule has 0 saturated carbocycles. The van der Waals surface area contributed by atoms with Gasteiger partial charge in [0, 0.05) is 11.3 Å². The molecule has 0 atom stereocenters. The topological polar surface area (TPSA) is 75.3 Å². The number of halogens is 1. The van der Waals surface area contributed by atoms with E-state index in [4.69, 9.17) is 0 Å². The zero-order chi connectivity index (χ0) is 18.6. The third-order valence-corrected chi connectivity index (χ3v) is 4.92. The Kier molecular flexibility index (Phi) is 4.99. The second-order valence-corrected chi connectivity index (χ2v) is 7.12. The average Bonchev–Trinajstić information content (AvgIpc) is 2.64. The SMILES string of the molecule is O=C(Nc1ccccc1)c1cccc(S(=O)(=O)Nc2ccccc2F)c1. The van der Waals surface area contributed by atoms with E-state index in [0.717, 1.165) is 6.07 Å². The predicted molar refractivity (Wildman–Crippen MR) is 98.0 cm³/mol. The number of hydrogen-bond acceptors (Lipinski definition) is 3. The Morgan fingerprint density at radius 1 is 0.846 bits per heavy atom. The van der Waals surface area contributed by atoms with Crippen molar-refractivity contribution < 1.29 is 17.6 Å². The van der Waals surface area contributed by atoms with E-state index in [-0.39, 0.29) is 16.1 Å². The van der Waals surface area contributed by atoms with E-state index in [1.54, 1.807) is 24.3 Å². The van der Waals surface area contributed by atoms with Crippen molar-refractivity contribution in [3.63, 3.8) is 0 Å². The quantitative estimate of drug-likeness (QED) is 0.716. The van der Waals surface area contributed by atoms with E-state index >= 15 is 0 Å². The molecule has 3 aromatic rings. The van der Waals surface area contributed by atoms with Gasteiger partial charge in [0.25, 0.3) is 15.9 Å². The van der Waals surface area contributed by atoms with Gasteiger partial charge in [-0.05, 0) is 42.5 Å². The monoisotopic (exact) mass is 370 g/mol. The summed E-state index contributed by atoms with van der Waals surface area (Å²) in [6, 6.07) is 19.8. The van der Waals surface area contributed by atoms with Crippen molar-refractivity contribution in [2.75, 3.05) is 10.0 Å². The van der Waals surface area contributed by atoms with E-state index in [0.29, 0.717) is 5.69 Å². The van der Waals surface area contributed by atoms with Crippen LogP contribution in [0.2, 0.25) is 0 Å². The van der Waals surface area contributed by atoms with Gasteiger partial charge in [-0.25, -0.2) is 12.8 Å². The molecule has 3 aromatic carbocycles. The van der Waals surface area contributed by atoms with Crippen molar-refractivity contribution in [3.05, 3.63) is 90.2 Å². The largest absolute Gasteiger partial charge is 0.322 e. The number of carbonyl (C=O) groups is 1. The predicted octanol–water partition coefficient (Wildman–Crippen LogP) is 3.88. The maximum absolute atomic E-state index is 13.7. The summed E-state index contributed by atoms with van der Waals surface area (Å²) in [7, 11) is -4.03. The van der Waals surface area contributed by atoms with Gasteiger partial charge in [0.05, 0.1) is 10.6 Å². The highest BCUT2D eigenvalue weighted by Gasteiger charge is 2.18. The molecular formula is C19H15FN2O3S. The van der Waals surface area contributed by atoms with Crippen LogP contribution in [0.5, 0.6) is 0 Å². The van der Waals surface area contributed by atoms with Crippen molar-refractivity contribution in [1.82, 2.24) is 0 Å². The lowest BCUT2D eigenvalue weighted by molar-refractivity contribution is 0.102. The van der Waals surface area contributed by atoms with Crippen LogP contribution >= 0.6 is 0 Å². The molecule has 0 aliphatic rings. The lowest BCUT2D eigenvalue weighted by Crippen LogP contribution is -2.16. The minimum Gasteiger partial charge on any atom is -0.322 e. The van der Waals surface area contributed by atoms with Crippen molar-refractivity contribution in [2.24, 2.45) is 0 Å². The first kappa shape index (κ1) is 17.6. The van der Waals surface area contributed by atoms with Gasteiger partial charge in [0.2, 0.25) is 0 Å². The molecule has 0 aliphatic heterocycles. The zero-order valence-electron chi connectivity index (χ0n) is 13.5. The smallest absolute Gasteiger partial charge is 0.262 e. The molecule has 0 fully saturated rings. The molecule has 7 heteroatoms. The number of amides is 1. The van der Waals surface area contributed by atoms with E-state index in [1.165, 1.54) is 42.5 Å². The van der Waals surface area contributed by atoms with Gasteiger partial charge in [-0.2, -0.15) is 0 Å². The van der Waals surface area contributed by atoms with Crippen LogP contribution in [-0.4, -0.2) is 14.3 Å². The molecule has 0 unspecified atom stereocenters. The minimum atomic E-state index is -4.03. The summed E-state index contributed by atoms with van der Waals surface area (Å²) in [5.74, 6) is -1.13. The van der Waals surface area contributed by atoms with Gasteiger partial charge in [-0.3, -0.25) is 9.52 Å². The number of rotatable bonds is 5. The van der Waals surface area contributed by atoms with Gasteiger partial charge >= 0.3 is 0 Å². The van der Waals surface area contributed by atoms with Crippen LogP contribution in [-0.2, 0) is 10.0 Å². The van der Waals surface area contributed by atoms with Crippen LogP contribution in [0.3, 0.4) is 0 Å². The van der Waals surface area contributed by atoms with Crippen LogP contribution in [0.15, 0.2) is 83.8 Å². The summed E-state index contributed by atoms with van der Waals surface area (Å²) in [6.07, 6.45) is 0. The van der Waals surface area contributed by atoms with Crippen molar-refractivity contribution in [2.45, 2.75) is 4.90 Å². The molecule has 0 aromatic heterocycles. The first-order valence-electron chi connectivity index (χ1n) is 7.69. The Morgan fingerprint density at radius 3 is 2.27 bits per heavy atom. The molecule has 0 aliphatic carbocycles. The number of sulfonamides is 1. The van der Waals surface area contributed by atoms with Crippen LogP contribution in [0, 0.1) is 5.82 Å². The Hall–Kier alpha value is -3.19. The lowest BCUT2D eigenvalue weighted by atomic mass is 10.2. The lowest BCUT2D eigenvalue weighted by Gasteiger charge is -2.10. The van der Waals surface area contributed by atoms with Crippen molar-refractivity contribution in [1.29, 1.82) is 0 Å². The van der Waals surface area contributed by atoms with Crippen LogP contribution in [0.4, 0.5) is 15.8 Å². The average molecular weight is 370 g/mol. The summed E-state index contributed by atoms with van der Waals surface area (Å²) in [6.45, 7) is 0. The Labute approximate surface area is 150 Å². The number of anilines is 2. The Morgan fingerprint density at radius 2 is 1.54 bits per heavy atom. The molecule has 132 valence electrons. The standard InChI is InChI=1S/C19H15FN2O3S/c20-17-11-4-5-12-18(17)22-26(24,25)16-10-6-7-14(13-16)19(23)21-15-8-2-1-3-9-15/h1-13,22H,(H,21,23). The van der Waals surface area contributed by atoms with Gasteiger partial charge < -0.3 is 5.32 Å². The fourth-order valence-corrected chi connectivity index (χ4v) is 3.39. The summed E-state index contributed by atoms with van der Waals surface area (Å²) < 4.78 is 40.8. The highest BCUT2D eigenvalue weighted by Crippen LogP contribution is 2.20. The molecule has 3 rings (SSSR count). The number of hydrogen-bond donors (Lipinski definition) is 2. The maximum atomic E-state index is 13.7. The third kappa shape index (κ3) is 4.07. The number of benzene rings is 3. The minimum absolute atomic E-state index is 0.138. The molecule has 1 amide bonds. The molecular weight excluding hydrogens is 355 g/mol. The van der Waals surface area contributed by atoms with Crippen LogP contribution < -0.4 is 10.0 Å². The zero-order valence-corrected chi connectivity index (χ0v) is 14.3. The Balaban J connectivity index is 1.84. The summed E-state index contributed by atoms with van der Waals surface area (Å²) >= 11 is 0. The number of nitrogens with one attached hydrogen (secondary N) is 2. The molecule has 26 heavy (non-hydrogen) atoms. The first-order chi connectivity index (χ1) is 12.5. The Bertz CT molecular complexity index is 1040. The fourth-order valence-electron chi connectivity index (χ4n) is 2.28. The van der Waals surface area contributed by atoms with E-state index < -0.39 is 21.7 Å². The van der Waals surface area contributed by atoms with E-state index in [1.807, 2.05) is 6.07 Å². The summed E-state index contributed by atoms with van der Waals surface area (Å²) in [5, 5.41) is 2.68. The van der Waals surface area contributed by atoms with Crippen molar-refractivity contribution >= 4 is 27.3 Å². The highest BCUT2D eigenvalue weighted by atomic mass is 32.2. The molecule has 0 bridgehead atoms. The van der Waals surface area contributed by atoms with Gasteiger partial charge in [0.15, 0.2) is 0 Å².